The zero-order valence-electron chi connectivity index (χ0n) is 14.9. The summed E-state index contributed by atoms with van der Waals surface area (Å²) >= 11 is 0. The van der Waals surface area contributed by atoms with E-state index >= 15 is 0 Å². The van der Waals surface area contributed by atoms with Crippen molar-refractivity contribution >= 4 is 17.5 Å². The molecule has 1 aromatic heterocycles. The Kier molecular flexibility index (Phi) is 4.44. The molecule has 2 aromatic rings. The number of anilines is 2. The van der Waals surface area contributed by atoms with Gasteiger partial charge in [-0.1, -0.05) is 38.0 Å². The fourth-order valence-electron chi connectivity index (χ4n) is 3.87. The lowest BCUT2D eigenvalue weighted by Crippen LogP contribution is -2.44. The van der Waals surface area contributed by atoms with Gasteiger partial charge in [-0.25, -0.2) is 0 Å². The number of carbonyl (C=O) groups excluding carboxylic acids is 1. The quantitative estimate of drug-likeness (QED) is 0.914. The highest BCUT2D eigenvalue weighted by Crippen LogP contribution is 2.26. The van der Waals surface area contributed by atoms with Crippen LogP contribution < -0.4 is 15.8 Å². The number of nitrogens with zero attached hydrogens (tertiary/aromatic N) is 4. The van der Waals surface area contributed by atoms with E-state index in [1.54, 1.807) is 4.57 Å². The highest BCUT2D eigenvalue weighted by atomic mass is 16.2. The first kappa shape index (κ1) is 16.8. The molecule has 136 valence electrons. The predicted octanol–water partition coefficient (Wildman–Crippen LogP) is 2.10. The number of rotatable bonds is 3. The SMILES string of the molecule is CC1CCCCC1NC(=O)c1nnc2n(c1=O)CCN2c1ccccc1. The van der Waals surface area contributed by atoms with Crippen LogP contribution in [0.4, 0.5) is 11.6 Å². The Bertz CT molecular complexity index is 864. The van der Waals surface area contributed by atoms with Crippen LogP contribution in [0.2, 0.25) is 0 Å². The Morgan fingerprint density at radius 1 is 1.12 bits per heavy atom. The number of aromatic nitrogens is 3. The second kappa shape index (κ2) is 6.90. The second-order valence-electron chi connectivity index (χ2n) is 7.13. The number of hydrogen-bond acceptors (Lipinski definition) is 5. The van der Waals surface area contributed by atoms with Crippen molar-refractivity contribution in [2.45, 2.75) is 45.2 Å². The van der Waals surface area contributed by atoms with Crippen molar-refractivity contribution in [3.05, 3.63) is 46.4 Å². The molecule has 0 saturated heterocycles. The molecule has 1 aliphatic carbocycles. The molecule has 2 atom stereocenters. The first-order valence-electron chi connectivity index (χ1n) is 9.26. The average Bonchev–Trinajstić information content (AvgIpc) is 3.09. The highest BCUT2D eigenvalue weighted by molar-refractivity contribution is 5.92. The molecule has 0 spiro atoms. The topological polar surface area (TPSA) is 80.1 Å². The van der Waals surface area contributed by atoms with Crippen LogP contribution >= 0.6 is 0 Å². The predicted molar refractivity (Wildman–Crippen MR) is 98.6 cm³/mol. The summed E-state index contributed by atoms with van der Waals surface area (Å²) in [7, 11) is 0. The van der Waals surface area contributed by atoms with E-state index in [0.717, 1.165) is 24.9 Å². The van der Waals surface area contributed by atoms with Crippen molar-refractivity contribution in [2.75, 3.05) is 11.4 Å². The van der Waals surface area contributed by atoms with Gasteiger partial charge >= 0.3 is 0 Å². The van der Waals surface area contributed by atoms with Gasteiger partial charge in [0.2, 0.25) is 11.6 Å². The Labute approximate surface area is 152 Å². The van der Waals surface area contributed by atoms with Crippen LogP contribution in [0.15, 0.2) is 35.1 Å². The molecule has 1 amide bonds. The molecule has 1 aliphatic heterocycles. The number of hydrogen-bond donors (Lipinski definition) is 1. The van der Waals surface area contributed by atoms with Crippen LogP contribution in [0.25, 0.3) is 0 Å². The van der Waals surface area contributed by atoms with Gasteiger partial charge in [-0.2, -0.15) is 0 Å². The van der Waals surface area contributed by atoms with Crippen LogP contribution in [0.5, 0.6) is 0 Å². The number of amides is 1. The van der Waals surface area contributed by atoms with Crippen molar-refractivity contribution in [3.63, 3.8) is 0 Å². The van der Waals surface area contributed by atoms with Crippen molar-refractivity contribution in [3.8, 4) is 0 Å². The maximum atomic E-state index is 12.8. The maximum Gasteiger partial charge on any atom is 0.286 e. The van der Waals surface area contributed by atoms with Gasteiger partial charge in [0.15, 0.2) is 0 Å². The molecule has 7 heteroatoms. The van der Waals surface area contributed by atoms with Crippen molar-refractivity contribution in [2.24, 2.45) is 5.92 Å². The Morgan fingerprint density at radius 3 is 2.65 bits per heavy atom. The average molecular weight is 353 g/mol. The van der Waals surface area contributed by atoms with E-state index in [1.807, 2.05) is 35.2 Å². The number of carbonyl (C=O) groups is 1. The number of para-hydroxylation sites is 1. The summed E-state index contributed by atoms with van der Waals surface area (Å²) in [5.41, 5.74) is 0.483. The molecule has 0 bridgehead atoms. The molecule has 7 nitrogen and oxygen atoms in total. The van der Waals surface area contributed by atoms with Crippen LogP contribution in [0.1, 0.15) is 43.1 Å². The summed E-state index contributed by atoms with van der Waals surface area (Å²) in [5.74, 6) is 0.505. The summed E-state index contributed by atoms with van der Waals surface area (Å²) in [6.07, 6.45) is 4.36. The van der Waals surface area contributed by atoms with E-state index in [9.17, 15) is 9.59 Å². The van der Waals surface area contributed by atoms with E-state index < -0.39 is 5.91 Å². The maximum absolute atomic E-state index is 12.8. The summed E-state index contributed by atoms with van der Waals surface area (Å²) in [4.78, 5) is 27.3. The molecule has 2 heterocycles. The van der Waals surface area contributed by atoms with Gasteiger partial charge < -0.3 is 10.2 Å². The number of benzene rings is 1. The Hall–Kier alpha value is -2.70. The van der Waals surface area contributed by atoms with E-state index in [4.69, 9.17) is 0 Å². The minimum Gasteiger partial charge on any atom is -0.347 e. The Balaban J connectivity index is 1.58. The molecule has 4 rings (SSSR count). The third-order valence-electron chi connectivity index (χ3n) is 5.43. The third-order valence-corrected chi connectivity index (χ3v) is 5.43. The van der Waals surface area contributed by atoms with Crippen LogP contribution in [-0.4, -0.2) is 33.3 Å². The molecule has 1 aromatic carbocycles. The van der Waals surface area contributed by atoms with Crippen molar-refractivity contribution < 1.29 is 4.79 Å². The highest BCUT2D eigenvalue weighted by Gasteiger charge is 2.29. The van der Waals surface area contributed by atoms with Crippen molar-refractivity contribution in [1.82, 2.24) is 20.1 Å². The second-order valence-corrected chi connectivity index (χ2v) is 7.13. The number of fused-ring (bicyclic) bond motifs is 1. The van der Waals surface area contributed by atoms with Crippen LogP contribution in [0.3, 0.4) is 0 Å². The fraction of sp³-hybridized carbons (Fsp3) is 0.474. The third kappa shape index (κ3) is 2.98. The summed E-state index contributed by atoms with van der Waals surface area (Å²) in [6.45, 7) is 3.28. The zero-order chi connectivity index (χ0) is 18.1. The van der Waals surface area contributed by atoms with Gasteiger partial charge in [-0.15, -0.1) is 10.2 Å². The lowest BCUT2D eigenvalue weighted by molar-refractivity contribution is 0.0901. The summed E-state index contributed by atoms with van der Waals surface area (Å²) < 4.78 is 1.54. The van der Waals surface area contributed by atoms with E-state index in [-0.39, 0.29) is 17.3 Å². The molecule has 2 unspecified atom stereocenters. The summed E-state index contributed by atoms with van der Waals surface area (Å²) in [6, 6.07) is 9.86. The lowest BCUT2D eigenvalue weighted by atomic mass is 9.86. The van der Waals surface area contributed by atoms with E-state index in [0.29, 0.717) is 25.0 Å². The lowest BCUT2D eigenvalue weighted by Gasteiger charge is -2.29. The molecule has 1 saturated carbocycles. The molecule has 0 radical (unpaired) electrons. The minimum absolute atomic E-state index is 0.108. The first-order valence-corrected chi connectivity index (χ1v) is 9.26. The van der Waals surface area contributed by atoms with Gasteiger partial charge in [-0.3, -0.25) is 14.2 Å². The van der Waals surface area contributed by atoms with Crippen molar-refractivity contribution in [1.29, 1.82) is 0 Å². The smallest absolute Gasteiger partial charge is 0.286 e. The fourth-order valence-corrected chi connectivity index (χ4v) is 3.87. The molecule has 1 fully saturated rings. The van der Waals surface area contributed by atoms with Gasteiger partial charge in [0, 0.05) is 24.8 Å². The summed E-state index contributed by atoms with van der Waals surface area (Å²) in [5, 5.41) is 11.2. The van der Waals surface area contributed by atoms with Gasteiger partial charge in [0.25, 0.3) is 11.5 Å². The zero-order valence-corrected chi connectivity index (χ0v) is 14.9. The molecule has 26 heavy (non-hydrogen) atoms. The normalized spacial score (nSPS) is 22.1. The molecule has 1 N–H and O–H groups in total. The minimum atomic E-state index is -0.408. The van der Waals surface area contributed by atoms with E-state index in [2.05, 4.69) is 22.4 Å². The number of nitrogens with one attached hydrogen (secondary N) is 1. The monoisotopic (exact) mass is 353 g/mol. The Morgan fingerprint density at radius 2 is 1.88 bits per heavy atom. The van der Waals surface area contributed by atoms with Gasteiger partial charge in [0.1, 0.15) is 0 Å². The van der Waals surface area contributed by atoms with Gasteiger partial charge in [-0.05, 0) is 30.9 Å². The van der Waals surface area contributed by atoms with E-state index in [1.165, 1.54) is 6.42 Å². The van der Waals surface area contributed by atoms with Crippen LogP contribution in [0, 0.1) is 5.92 Å². The van der Waals surface area contributed by atoms with Crippen LogP contribution in [-0.2, 0) is 6.54 Å². The standard InChI is InChI=1S/C19H23N5O2/c1-13-7-5-6-10-15(13)20-17(25)16-18(26)24-12-11-23(19(24)22-21-16)14-8-3-2-4-9-14/h2-4,8-9,13,15H,5-7,10-12H2,1H3,(H,20,25). The molecule has 2 aliphatic rings. The largest absolute Gasteiger partial charge is 0.347 e. The molecular formula is C19H23N5O2. The first-order chi connectivity index (χ1) is 12.6. The van der Waals surface area contributed by atoms with Gasteiger partial charge in [0.05, 0.1) is 0 Å². The molecular weight excluding hydrogens is 330 g/mol.